The predicted octanol–water partition coefficient (Wildman–Crippen LogP) is 3.70. The third kappa shape index (κ3) is 3.98. The molecule has 0 spiro atoms. The maximum Gasteiger partial charge on any atom is 0.256 e. The molecule has 1 atom stereocenters. The Morgan fingerprint density at radius 2 is 1.93 bits per heavy atom. The summed E-state index contributed by atoms with van der Waals surface area (Å²) in [6.45, 7) is 1.48. The summed E-state index contributed by atoms with van der Waals surface area (Å²) in [6.07, 6.45) is 6.64. The first-order valence-corrected chi connectivity index (χ1v) is 11.0. The topological polar surface area (TPSA) is 61.4 Å². The summed E-state index contributed by atoms with van der Waals surface area (Å²) in [5.41, 5.74) is 3.90. The summed E-state index contributed by atoms with van der Waals surface area (Å²) in [7, 11) is 1.94. The summed E-state index contributed by atoms with van der Waals surface area (Å²) in [6, 6.07) is 8.15. The molecule has 1 unspecified atom stereocenters. The van der Waals surface area contributed by atoms with E-state index in [0.29, 0.717) is 28.7 Å². The Hall–Kier alpha value is -2.18. The van der Waals surface area contributed by atoms with Crippen LogP contribution in [-0.2, 0) is 12.8 Å². The number of thiophene rings is 1. The molecule has 2 aromatic rings. The van der Waals surface area contributed by atoms with Crippen molar-refractivity contribution in [3.05, 3.63) is 51.9 Å². The molecule has 2 N–H and O–H groups in total. The van der Waals surface area contributed by atoms with Gasteiger partial charge in [0.25, 0.3) is 11.8 Å². The molecule has 1 aromatic heterocycles. The highest BCUT2D eigenvalue weighted by Gasteiger charge is 2.26. The highest BCUT2D eigenvalue weighted by Crippen LogP contribution is 2.27. The first-order chi connectivity index (χ1) is 13.7. The molecule has 6 heteroatoms. The molecule has 1 aliphatic carbocycles. The molecule has 28 heavy (non-hydrogen) atoms. The molecule has 0 radical (unpaired) electrons. The Bertz CT molecular complexity index is 876. The van der Waals surface area contributed by atoms with Crippen LogP contribution < -0.4 is 10.6 Å². The monoisotopic (exact) mass is 397 g/mol. The molecule has 4 rings (SSSR count). The van der Waals surface area contributed by atoms with Crippen molar-refractivity contribution >= 4 is 28.2 Å². The SMILES string of the molecule is CNC1CCCN(C(=O)c2ccsc2NC(=O)c2ccc3c(c2)CCCC3)C1. The number of rotatable bonds is 4. The summed E-state index contributed by atoms with van der Waals surface area (Å²) in [4.78, 5) is 27.7. The van der Waals surface area contributed by atoms with E-state index in [-0.39, 0.29) is 11.8 Å². The van der Waals surface area contributed by atoms with Crippen molar-refractivity contribution < 1.29 is 9.59 Å². The van der Waals surface area contributed by atoms with Crippen LogP contribution in [0.2, 0.25) is 0 Å². The van der Waals surface area contributed by atoms with Crippen molar-refractivity contribution in [3.63, 3.8) is 0 Å². The van der Waals surface area contributed by atoms with Crippen LogP contribution in [0.5, 0.6) is 0 Å². The van der Waals surface area contributed by atoms with Crippen LogP contribution in [-0.4, -0.2) is 42.9 Å². The minimum absolute atomic E-state index is 0.00180. The number of piperidine rings is 1. The smallest absolute Gasteiger partial charge is 0.256 e. The van der Waals surface area contributed by atoms with E-state index in [0.717, 1.165) is 32.2 Å². The predicted molar refractivity (Wildman–Crippen MR) is 113 cm³/mol. The van der Waals surface area contributed by atoms with Gasteiger partial charge in [-0.15, -0.1) is 11.3 Å². The summed E-state index contributed by atoms with van der Waals surface area (Å²) in [5, 5.41) is 8.75. The van der Waals surface area contributed by atoms with E-state index in [1.54, 1.807) is 0 Å². The van der Waals surface area contributed by atoms with Crippen LogP contribution in [0.1, 0.15) is 57.5 Å². The fourth-order valence-electron chi connectivity index (χ4n) is 4.19. The van der Waals surface area contributed by atoms with E-state index in [2.05, 4.69) is 16.7 Å². The maximum atomic E-state index is 13.0. The molecule has 1 fully saturated rings. The van der Waals surface area contributed by atoms with Crippen molar-refractivity contribution in [2.45, 2.75) is 44.6 Å². The van der Waals surface area contributed by atoms with Crippen molar-refractivity contribution in [2.75, 3.05) is 25.5 Å². The lowest BCUT2D eigenvalue weighted by Gasteiger charge is -2.32. The number of hydrogen-bond acceptors (Lipinski definition) is 4. The average Bonchev–Trinajstić information content (AvgIpc) is 3.20. The number of aryl methyl sites for hydroxylation is 2. The first-order valence-electron chi connectivity index (χ1n) is 10.1. The number of anilines is 1. The van der Waals surface area contributed by atoms with Gasteiger partial charge in [0, 0.05) is 24.7 Å². The molecule has 1 saturated heterocycles. The van der Waals surface area contributed by atoms with Gasteiger partial charge in [-0.3, -0.25) is 9.59 Å². The van der Waals surface area contributed by atoms with Gasteiger partial charge in [0.1, 0.15) is 5.00 Å². The molecule has 1 aliphatic heterocycles. The Labute approximate surface area is 170 Å². The zero-order chi connectivity index (χ0) is 19.5. The van der Waals surface area contributed by atoms with Gasteiger partial charge in [-0.05, 0) is 80.3 Å². The van der Waals surface area contributed by atoms with Crippen LogP contribution in [0.4, 0.5) is 5.00 Å². The molecule has 1 aromatic carbocycles. The largest absolute Gasteiger partial charge is 0.337 e. The molecule has 5 nitrogen and oxygen atoms in total. The van der Waals surface area contributed by atoms with Crippen LogP contribution in [0.25, 0.3) is 0 Å². The minimum atomic E-state index is -0.142. The van der Waals surface area contributed by atoms with E-state index >= 15 is 0 Å². The normalized spacial score (nSPS) is 19.2. The minimum Gasteiger partial charge on any atom is -0.337 e. The van der Waals surface area contributed by atoms with Crippen LogP contribution in [0.3, 0.4) is 0 Å². The standard InChI is InChI=1S/C22H27N3O2S/c1-23-18-7-4-11-25(14-18)22(27)19-10-12-28-21(19)24-20(26)17-9-8-15-5-2-3-6-16(15)13-17/h8-10,12-13,18,23H,2-7,11,14H2,1H3,(H,24,26). The molecule has 0 saturated carbocycles. The number of fused-ring (bicyclic) bond motifs is 1. The average molecular weight is 398 g/mol. The van der Waals surface area contributed by atoms with E-state index < -0.39 is 0 Å². The van der Waals surface area contributed by atoms with Crippen LogP contribution >= 0.6 is 11.3 Å². The number of amides is 2. The summed E-state index contributed by atoms with van der Waals surface area (Å²) < 4.78 is 0. The quantitative estimate of drug-likeness (QED) is 0.827. The van der Waals surface area contributed by atoms with E-state index in [4.69, 9.17) is 0 Å². The number of benzene rings is 1. The first kappa shape index (κ1) is 19.2. The molecule has 148 valence electrons. The Morgan fingerprint density at radius 1 is 1.11 bits per heavy atom. The molecule has 2 heterocycles. The van der Waals surface area contributed by atoms with Gasteiger partial charge in [0.2, 0.25) is 0 Å². The number of hydrogen-bond donors (Lipinski definition) is 2. The highest BCUT2D eigenvalue weighted by atomic mass is 32.1. The van der Waals surface area contributed by atoms with Gasteiger partial charge in [-0.1, -0.05) is 6.07 Å². The van der Waals surface area contributed by atoms with Crippen molar-refractivity contribution in [3.8, 4) is 0 Å². The maximum absolute atomic E-state index is 13.0. The van der Waals surface area contributed by atoms with Gasteiger partial charge in [0.05, 0.1) is 5.56 Å². The number of likely N-dealkylation sites (N-methyl/N-ethyl adjacent to an activating group) is 1. The second-order valence-corrected chi connectivity index (χ2v) is 8.60. The van der Waals surface area contributed by atoms with E-state index in [9.17, 15) is 9.59 Å². The van der Waals surface area contributed by atoms with E-state index in [1.807, 2.05) is 35.5 Å². The van der Waals surface area contributed by atoms with Crippen molar-refractivity contribution in [2.24, 2.45) is 0 Å². The molecule has 2 amide bonds. The van der Waals surface area contributed by atoms with Gasteiger partial charge >= 0.3 is 0 Å². The fraction of sp³-hybridized carbons (Fsp3) is 0.455. The van der Waals surface area contributed by atoms with Crippen molar-refractivity contribution in [1.82, 2.24) is 10.2 Å². The highest BCUT2D eigenvalue weighted by molar-refractivity contribution is 7.14. The molecular formula is C22H27N3O2S. The summed E-state index contributed by atoms with van der Waals surface area (Å²) in [5.74, 6) is -0.140. The van der Waals surface area contributed by atoms with Crippen molar-refractivity contribution in [1.29, 1.82) is 0 Å². The van der Waals surface area contributed by atoms with Gasteiger partial charge in [0.15, 0.2) is 0 Å². The number of nitrogens with zero attached hydrogens (tertiary/aromatic N) is 1. The molecule has 0 bridgehead atoms. The summed E-state index contributed by atoms with van der Waals surface area (Å²) >= 11 is 1.41. The van der Waals surface area contributed by atoms with Crippen LogP contribution in [0, 0.1) is 0 Å². The second kappa shape index (κ2) is 8.45. The number of carbonyl (C=O) groups is 2. The van der Waals surface area contributed by atoms with Gasteiger partial charge in [-0.2, -0.15) is 0 Å². The third-order valence-electron chi connectivity index (χ3n) is 5.85. The number of nitrogens with one attached hydrogen (secondary N) is 2. The van der Waals surface area contributed by atoms with Crippen LogP contribution in [0.15, 0.2) is 29.6 Å². The molecule has 2 aliphatic rings. The lowest BCUT2D eigenvalue weighted by atomic mass is 9.90. The lowest BCUT2D eigenvalue weighted by molar-refractivity contribution is 0.0699. The van der Waals surface area contributed by atoms with Gasteiger partial charge in [-0.25, -0.2) is 0 Å². The fourth-order valence-corrected chi connectivity index (χ4v) is 4.97. The Kier molecular flexibility index (Phi) is 5.78. The Balaban J connectivity index is 1.48. The second-order valence-electron chi connectivity index (χ2n) is 7.69. The molecular weight excluding hydrogens is 370 g/mol. The third-order valence-corrected chi connectivity index (χ3v) is 6.68. The number of carbonyl (C=O) groups excluding carboxylic acids is 2. The lowest BCUT2D eigenvalue weighted by Crippen LogP contribution is -2.47. The zero-order valence-corrected chi connectivity index (χ0v) is 17.1. The number of likely N-dealkylation sites (tertiary alicyclic amines) is 1. The van der Waals surface area contributed by atoms with Gasteiger partial charge < -0.3 is 15.5 Å². The zero-order valence-electron chi connectivity index (χ0n) is 16.3. The van der Waals surface area contributed by atoms with E-state index in [1.165, 1.54) is 35.3 Å². The Morgan fingerprint density at radius 3 is 2.75 bits per heavy atom.